The third-order valence-electron chi connectivity index (χ3n) is 5.82. The summed E-state index contributed by atoms with van der Waals surface area (Å²) >= 11 is 0. The van der Waals surface area contributed by atoms with Crippen LogP contribution in [0.5, 0.6) is 0 Å². The summed E-state index contributed by atoms with van der Waals surface area (Å²) in [5.74, 6) is -1.41. The Morgan fingerprint density at radius 1 is 1.06 bits per heavy atom. The molecule has 0 aromatic heterocycles. The van der Waals surface area contributed by atoms with Crippen LogP contribution in [-0.4, -0.2) is 48.4 Å². The van der Waals surface area contributed by atoms with Crippen molar-refractivity contribution in [3.8, 4) is 0 Å². The monoisotopic (exact) mass is 512 g/mol. The number of hydrogen-bond donors (Lipinski definition) is 2. The van der Waals surface area contributed by atoms with Crippen LogP contribution in [0.2, 0.25) is 0 Å². The number of likely N-dealkylation sites (N-methyl/N-ethyl adjacent to an activating group) is 1. The van der Waals surface area contributed by atoms with Gasteiger partial charge in [-0.1, -0.05) is 18.2 Å². The number of nitrogens with one attached hydrogen (secondary N) is 2. The van der Waals surface area contributed by atoms with Gasteiger partial charge in [0.1, 0.15) is 6.04 Å². The zero-order valence-electron chi connectivity index (χ0n) is 19.0. The van der Waals surface area contributed by atoms with Crippen molar-refractivity contribution < 1.29 is 35.9 Å². The molecule has 2 N–H and O–H groups in total. The van der Waals surface area contributed by atoms with E-state index < -0.39 is 53.4 Å². The van der Waals surface area contributed by atoms with Crippen molar-refractivity contribution in [2.24, 2.45) is 0 Å². The number of anilines is 1. The standard InChI is InChI=1S/C24H22F6N4O2/c1-31-18-12-20(34(2)13-18)22(36)33-19(10-14-6-8-15(9-7-14)23(25,26)27)21(35)32-17-5-3-4-16(11-17)24(28,29)30/h3-9,11,18-20H,10,12-13H2,2H3,(H,32,35)(H,33,36)/t18-,19-,20?/m0/s1. The molecule has 0 spiro atoms. The molecule has 12 heteroatoms. The van der Waals surface area contributed by atoms with Crippen molar-refractivity contribution in [1.29, 1.82) is 0 Å². The predicted octanol–water partition coefficient (Wildman–Crippen LogP) is 4.38. The van der Waals surface area contributed by atoms with E-state index in [1.165, 1.54) is 6.07 Å². The fraction of sp³-hybridized carbons (Fsp3) is 0.375. The SMILES string of the molecule is [C-]#[N+][C@H]1CC(C(=O)N[C@@H](Cc2ccc(C(F)(F)F)cc2)C(=O)Nc2cccc(C(F)(F)F)c2)N(C)C1. The second-order valence-corrected chi connectivity index (χ2v) is 8.50. The van der Waals surface area contributed by atoms with E-state index in [1.54, 1.807) is 11.9 Å². The molecule has 1 saturated heterocycles. The second-order valence-electron chi connectivity index (χ2n) is 8.50. The van der Waals surface area contributed by atoms with E-state index in [0.29, 0.717) is 12.1 Å². The quantitative estimate of drug-likeness (QED) is 0.446. The predicted molar refractivity (Wildman–Crippen MR) is 119 cm³/mol. The minimum atomic E-state index is -4.64. The molecule has 36 heavy (non-hydrogen) atoms. The maximum atomic E-state index is 13.0. The summed E-state index contributed by atoms with van der Waals surface area (Å²) in [5, 5.41) is 4.89. The van der Waals surface area contributed by atoms with E-state index in [-0.39, 0.29) is 18.5 Å². The highest BCUT2D eigenvalue weighted by molar-refractivity contribution is 5.98. The average molecular weight is 512 g/mol. The minimum absolute atomic E-state index is 0.160. The summed E-state index contributed by atoms with van der Waals surface area (Å²) in [6.45, 7) is 7.52. The number of amides is 2. The molecule has 0 saturated carbocycles. The number of carbonyl (C=O) groups excluding carboxylic acids is 2. The largest absolute Gasteiger partial charge is 0.416 e. The lowest BCUT2D eigenvalue weighted by Crippen LogP contribution is -2.51. The van der Waals surface area contributed by atoms with Gasteiger partial charge in [0.05, 0.1) is 23.7 Å². The van der Waals surface area contributed by atoms with Gasteiger partial charge in [-0.15, -0.1) is 0 Å². The van der Waals surface area contributed by atoms with E-state index in [4.69, 9.17) is 6.57 Å². The highest BCUT2D eigenvalue weighted by atomic mass is 19.4. The third-order valence-corrected chi connectivity index (χ3v) is 5.82. The molecule has 0 aliphatic carbocycles. The van der Waals surface area contributed by atoms with Crippen LogP contribution in [0.3, 0.4) is 0 Å². The zero-order valence-corrected chi connectivity index (χ0v) is 19.0. The molecule has 192 valence electrons. The molecule has 2 amide bonds. The van der Waals surface area contributed by atoms with Crippen LogP contribution in [0.25, 0.3) is 4.85 Å². The normalized spacial score (nSPS) is 19.4. The summed E-state index contributed by atoms with van der Waals surface area (Å²) in [6.07, 6.45) is -9.17. The number of hydrogen-bond acceptors (Lipinski definition) is 3. The van der Waals surface area contributed by atoms with Gasteiger partial charge in [0.2, 0.25) is 17.9 Å². The van der Waals surface area contributed by atoms with Gasteiger partial charge in [0, 0.05) is 18.5 Å². The Morgan fingerprint density at radius 2 is 1.69 bits per heavy atom. The molecule has 0 bridgehead atoms. The maximum absolute atomic E-state index is 13.0. The Hall–Kier alpha value is -3.59. The van der Waals surface area contributed by atoms with E-state index in [1.807, 2.05) is 0 Å². The second kappa shape index (κ2) is 10.6. The minimum Gasteiger partial charge on any atom is -0.343 e. The van der Waals surface area contributed by atoms with Gasteiger partial charge in [-0.05, 0) is 42.9 Å². The van der Waals surface area contributed by atoms with E-state index >= 15 is 0 Å². The fourth-order valence-electron chi connectivity index (χ4n) is 3.92. The molecular weight excluding hydrogens is 490 g/mol. The van der Waals surface area contributed by atoms with Crippen LogP contribution in [0, 0.1) is 6.57 Å². The molecule has 6 nitrogen and oxygen atoms in total. The van der Waals surface area contributed by atoms with Crippen LogP contribution < -0.4 is 10.6 Å². The summed E-state index contributed by atoms with van der Waals surface area (Å²) < 4.78 is 77.8. The summed E-state index contributed by atoms with van der Waals surface area (Å²) in [5.41, 5.74) is -1.74. The lowest BCUT2D eigenvalue weighted by Gasteiger charge is -2.23. The summed E-state index contributed by atoms with van der Waals surface area (Å²) in [4.78, 5) is 31.0. The molecule has 2 aromatic rings. The zero-order chi connectivity index (χ0) is 26.7. The van der Waals surface area contributed by atoms with Crippen LogP contribution >= 0.6 is 0 Å². The third kappa shape index (κ3) is 6.75. The number of carbonyl (C=O) groups is 2. The molecule has 1 aliphatic heterocycles. The smallest absolute Gasteiger partial charge is 0.343 e. The molecule has 1 fully saturated rings. The van der Waals surface area contributed by atoms with Gasteiger partial charge in [-0.3, -0.25) is 14.5 Å². The van der Waals surface area contributed by atoms with Crippen LogP contribution in [0.4, 0.5) is 32.0 Å². The van der Waals surface area contributed by atoms with Crippen molar-refractivity contribution >= 4 is 17.5 Å². The Bertz CT molecular complexity index is 1140. The van der Waals surface area contributed by atoms with Crippen LogP contribution in [-0.2, 0) is 28.4 Å². The molecule has 1 unspecified atom stereocenters. The molecule has 2 aromatic carbocycles. The van der Waals surface area contributed by atoms with E-state index in [9.17, 15) is 35.9 Å². The molecule has 1 heterocycles. The van der Waals surface area contributed by atoms with Gasteiger partial charge >= 0.3 is 12.4 Å². The van der Waals surface area contributed by atoms with Crippen molar-refractivity contribution in [2.75, 3.05) is 18.9 Å². The first-order valence-corrected chi connectivity index (χ1v) is 10.8. The van der Waals surface area contributed by atoms with Gasteiger partial charge in [0.25, 0.3) is 0 Å². The Kier molecular flexibility index (Phi) is 7.93. The van der Waals surface area contributed by atoms with Crippen molar-refractivity contribution in [2.45, 2.75) is 43.3 Å². The Labute approximate surface area is 203 Å². The topological polar surface area (TPSA) is 65.8 Å². The number of rotatable bonds is 6. The maximum Gasteiger partial charge on any atom is 0.416 e. The molecule has 3 rings (SSSR count). The first-order valence-electron chi connectivity index (χ1n) is 10.8. The molecule has 1 aliphatic rings. The van der Waals surface area contributed by atoms with E-state index in [0.717, 1.165) is 42.5 Å². The van der Waals surface area contributed by atoms with Crippen molar-refractivity contribution in [1.82, 2.24) is 10.2 Å². The van der Waals surface area contributed by atoms with Gasteiger partial charge in [0.15, 0.2) is 0 Å². The fourth-order valence-corrected chi connectivity index (χ4v) is 3.92. The highest BCUT2D eigenvalue weighted by Gasteiger charge is 2.39. The Morgan fingerprint density at radius 3 is 2.25 bits per heavy atom. The number of likely N-dealkylation sites (tertiary alicyclic amines) is 1. The Balaban J connectivity index is 1.82. The first kappa shape index (κ1) is 27.0. The summed E-state index contributed by atoms with van der Waals surface area (Å²) in [6, 6.07) is 5.51. The van der Waals surface area contributed by atoms with Crippen molar-refractivity contribution in [3.05, 3.63) is 76.6 Å². The van der Waals surface area contributed by atoms with Gasteiger partial charge in [-0.25, -0.2) is 6.57 Å². The highest BCUT2D eigenvalue weighted by Crippen LogP contribution is 2.31. The number of benzene rings is 2. The van der Waals surface area contributed by atoms with Crippen LogP contribution in [0.1, 0.15) is 23.1 Å². The molecule has 0 radical (unpaired) electrons. The van der Waals surface area contributed by atoms with Gasteiger partial charge < -0.3 is 15.5 Å². The summed E-state index contributed by atoms with van der Waals surface area (Å²) in [7, 11) is 1.64. The molecule has 3 atom stereocenters. The first-order chi connectivity index (χ1) is 16.8. The molecular formula is C24H22F6N4O2. The van der Waals surface area contributed by atoms with Gasteiger partial charge in [-0.2, -0.15) is 26.3 Å². The number of nitrogens with zero attached hydrogens (tertiary/aromatic N) is 2. The van der Waals surface area contributed by atoms with E-state index in [2.05, 4.69) is 15.5 Å². The lowest BCUT2D eigenvalue weighted by atomic mass is 10.0. The number of alkyl halides is 6. The average Bonchev–Trinajstić information content (AvgIpc) is 3.19. The van der Waals surface area contributed by atoms with Crippen molar-refractivity contribution in [3.63, 3.8) is 0 Å². The number of halogens is 6. The lowest BCUT2D eigenvalue weighted by molar-refractivity contribution is -0.138. The van der Waals surface area contributed by atoms with Crippen LogP contribution in [0.15, 0.2) is 48.5 Å².